The molecule has 2 aromatic carbocycles. The van der Waals surface area contributed by atoms with Crippen LogP contribution in [-0.4, -0.2) is 22.0 Å². The number of fused-ring (bicyclic) bond motifs is 5. The highest BCUT2D eigenvalue weighted by molar-refractivity contribution is 6.10. The standard InChI is InChI=1S/C26H26O4/c1-26-10-9-18-19(22(26)11-17(14-26)25(29)30)8-7-16-12-23(27)21(13-20(16)18)24(28)15-5-3-2-4-6-15/h2-6,12-14,18-19,22,27H,7-11H2,1H3,(H,29,30)/t18-,19+,22-,26+/m0/s1. The molecule has 0 radical (unpaired) electrons. The van der Waals surface area contributed by atoms with Gasteiger partial charge in [-0.2, -0.15) is 0 Å². The van der Waals surface area contributed by atoms with E-state index in [1.165, 1.54) is 5.56 Å². The van der Waals surface area contributed by atoms with E-state index < -0.39 is 5.97 Å². The van der Waals surface area contributed by atoms with Gasteiger partial charge in [0.15, 0.2) is 5.78 Å². The first kappa shape index (κ1) is 19.1. The molecule has 3 aliphatic carbocycles. The molecule has 1 saturated carbocycles. The molecule has 154 valence electrons. The van der Waals surface area contributed by atoms with Crippen LogP contribution in [-0.2, 0) is 11.2 Å². The Morgan fingerprint density at radius 2 is 1.87 bits per heavy atom. The van der Waals surface area contributed by atoms with Crippen LogP contribution in [0.2, 0.25) is 0 Å². The maximum absolute atomic E-state index is 13.0. The van der Waals surface area contributed by atoms with E-state index in [-0.39, 0.29) is 16.9 Å². The Balaban J connectivity index is 1.51. The van der Waals surface area contributed by atoms with Crippen molar-refractivity contribution in [3.63, 3.8) is 0 Å². The fraction of sp³-hybridized carbons (Fsp3) is 0.385. The van der Waals surface area contributed by atoms with Crippen molar-refractivity contribution in [3.8, 4) is 5.75 Å². The van der Waals surface area contributed by atoms with Gasteiger partial charge in [-0.05, 0) is 78.5 Å². The van der Waals surface area contributed by atoms with Gasteiger partial charge in [-0.3, -0.25) is 4.79 Å². The number of allylic oxidation sites excluding steroid dienone is 1. The van der Waals surface area contributed by atoms with E-state index >= 15 is 0 Å². The van der Waals surface area contributed by atoms with Gasteiger partial charge < -0.3 is 10.2 Å². The monoisotopic (exact) mass is 402 g/mol. The number of carboxylic acid groups (broad SMARTS) is 1. The summed E-state index contributed by atoms with van der Waals surface area (Å²) in [5, 5.41) is 20.1. The third-order valence-electron chi connectivity index (χ3n) is 7.78. The summed E-state index contributed by atoms with van der Waals surface area (Å²) >= 11 is 0. The van der Waals surface area contributed by atoms with Gasteiger partial charge in [-0.25, -0.2) is 4.79 Å². The van der Waals surface area contributed by atoms with E-state index in [1.54, 1.807) is 18.2 Å². The molecule has 0 aromatic heterocycles. The molecule has 3 aliphatic rings. The van der Waals surface area contributed by atoms with Gasteiger partial charge in [0.05, 0.1) is 5.56 Å². The van der Waals surface area contributed by atoms with Crippen molar-refractivity contribution < 1.29 is 19.8 Å². The minimum absolute atomic E-state index is 0.0496. The SMILES string of the molecule is C[C@@]12C=C(C(=O)O)C[C@H]1[C@@H]1CCc3cc(O)c(C(=O)c4ccccc4)cc3[C@H]1CC2. The summed E-state index contributed by atoms with van der Waals surface area (Å²) in [6, 6.07) is 12.8. The number of hydrogen-bond acceptors (Lipinski definition) is 3. The highest BCUT2D eigenvalue weighted by Crippen LogP contribution is 2.60. The van der Waals surface area contributed by atoms with Crippen LogP contribution in [0.5, 0.6) is 5.75 Å². The van der Waals surface area contributed by atoms with Crippen molar-refractivity contribution in [2.75, 3.05) is 0 Å². The second-order valence-electron chi connectivity index (χ2n) is 9.40. The number of ketones is 1. The molecule has 2 aromatic rings. The lowest BCUT2D eigenvalue weighted by molar-refractivity contribution is -0.132. The van der Waals surface area contributed by atoms with Crippen LogP contribution >= 0.6 is 0 Å². The first-order chi connectivity index (χ1) is 14.4. The molecule has 0 saturated heterocycles. The summed E-state index contributed by atoms with van der Waals surface area (Å²) in [5.41, 5.74) is 3.75. The molecule has 5 rings (SSSR count). The molecule has 4 heteroatoms. The van der Waals surface area contributed by atoms with Crippen molar-refractivity contribution in [2.45, 2.75) is 44.9 Å². The van der Waals surface area contributed by atoms with E-state index in [1.807, 2.05) is 30.3 Å². The van der Waals surface area contributed by atoms with Gasteiger partial charge in [0, 0.05) is 11.1 Å². The molecule has 4 nitrogen and oxygen atoms in total. The van der Waals surface area contributed by atoms with Gasteiger partial charge in [0.1, 0.15) is 5.75 Å². The Morgan fingerprint density at radius 3 is 2.60 bits per heavy atom. The van der Waals surface area contributed by atoms with E-state index in [9.17, 15) is 19.8 Å². The predicted octanol–water partition coefficient (Wildman–Crippen LogP) is 5.10. The zero-order chi connectivity index (χ0) is 21.0. The number of phenols is 1. The molecule has 4 atom stereocenters. The second kappa shape index (κ2) is 6.83. The van der Waals surface area contributed by atoms with E-state index in [0.717, 1.165) is 31.2 Å². The fourth-order valence-corrected chi connectivity index (χ4v) is 6.29. The summed E-state index contributed by atoms with van der Waals surface area (Å²) < 4.78 is 0. The summed E-state index contributed by atoms with van der Waals surface area (Å²) in [6.07, 6.45) is 6.45. The highest BCUT2D eigenvalue weighted by Gasteiger charge is 2.51. The fourth-order valence-electron chi connectivity index (χ4n) is 6.29. The number of carboxylic acids is 1. The van der Waals surface area contributed by atoms with Crippen LogP contribution in [0.25, 0.3) is 0 Å². The maximum atomic E-state index is 13.0. The third-order valence-corrected chi connectivity index (χ3v) is 7.78. The molecule has 2 N–H and O–H groups in total. The normalized spacial score (nSPS) is 29.4. The summed E-state index contributed by atoms with van der Waals surface area (Å²) in [4.78, 5) is 24.6. The number of hydrogen-bond donors (Lipinski definition) is 2. The van der Waals surface area contributed by atoms with Gasteiger partial charge in [0.2, 0.25) is 0 Å². The largest absolute Gasteiger partial charge is 0.507 e. The van der Waals surface area contributed by atoms with Crippen LogP contribution < -0.4 is 0 Å². The first-order valence-electron chi connectivity index (χ1n) is 10.8. The average Bonchev–Trinajstić information content (AvgIpc) is 3.11. The van der Waals surface area contributed by atoms with Gasteiger partial charge in [-0.15, -0.1) is 0 Å². The summed E-state index contributed by atoms with van der Waals surface area (Å²) in [6.45, 7) is 2.21. The number of carbonyl (C=O) groups is 2. The minimum atomic E-state index is -0.793. The molecule has 0 spiro atoms. The first-order valence-corrected chi connectivity index (χ1v) is 10.8. The van der Waals surface area contributed by atoms with Gasteiger partial charge >= 0.3 is 5.97 Å². The van der Waals surface area contributed by atoms with Crippen LogP contribution in [0.1, 0.15) is 65.6 Å². The zero-order valence-electron chi connectivity index (χ0n) is 17.1. The molecular formula is C26H26O4. The number of phenolic OH excluding ortho intramolecular Hbond substituents is 1. The average molecular weight is 402 g/mol. The van der Waals surface area contributed by atoms with Crippen LogP contribution in [0.3, 0.4) is 0 Å². The Hall–Kier alpha value is -2.88. The number of rotatable bonds is 3. The number of aromatic hydroxyl groups is 1. The van der Waals surface area contributed by atoms with Crippen molar-refractivity contribution in [1.82, 2.24) is 0 Å². The lowest BCUT2D eigenvalue weighted by Gasteiger charge is -2.49. The van der Waals surface area contributed by atoms with Crippen LogP contribution in [0.4, 0.5) is 0 Å². The van der Waals surface area contributed by atoms with E-state index in [2.05, 4.69) is 6.92 Å². The van der Waals surface area contributed by atoms with Crippen molar-refractivity contribution in [3.05, 3.63) is 76.4 Å². The van der Waals surface area contributed by atoms with E-state index in [4.69, 9.17) is 0 Å². The second-order valence-corrected chi connectivity index (χ2v) is 9.40. The predicted molar refractivity (Wildman–Crippen MR) is 114 cm³/mol. The molecular weight excluding hydrogens is 376 g/mol. The quantitative estimate of drug-likeness (QED) is 0.701. The highest BCUT2D eigenvalue weighted by atomic mass is 16.4. The lowest BCUT2D eigenvalue weighted by Crippen LogP contribution is -2.39. The molecule has 0 amide bonds. The zero-order valence-corrected chi connectivity index (χ0v) is 17.1. The molecule has 0 bridgehead atoms. The Morgan fingerprint density at radius 1 is 1.10 bits per heavy atom. The maximum Gasteiger partial charge on any atom is 0.331 e. The number of benzene rings is 2. The smallest absolute Gasteiger partial charge is 0.331 e. The molecule has 1 fully saturated rings. The molecule has 0 unspecified atom stereocenters. The lowest BCUT2D eigenvalue weighted by atomic mass is 9.55. The number of carbonyl (C=O) groups excluding carboxylic acids is 1. The Bertz CT molecular complexity index is 1070. The molecule has 0 heterocycles. The van der Waals surface area contributed by atoms with Crippen molar-refractivity contribution in [1.29, 1.82) is 0 Å². The Labute approximate surface area is 176 Å². The van der Waals surface area contributed by atoms with Crippen molar-refractivity contribution >= 4 is 11.8 Å². The summed E-state index contributed by atoms with van der Waals surface area (Å²) in [7, 11) is 0. The number of aryl methyl sites for hydroxylation is 1. The third kappa shape index (κ3) is 2.89. The van der Waals surface area contributed by atoms with Crippen LogP contribution in [0.15, 0.2) is 54.1 Å². The molecule has 0 aliphatic heterocycles. The molecule has 30 heavy (non-hydrogen) atoms. The van der Waals surface area contributed by atoms with Crippen LogP contribution in [0, 0.1) is 17.3 Å². The Kier molecular flexibility index (Phi) is 4.35. The summed E-state index contributed by atoms with van der Waals surface area (Å²) in [5.74, 6) is 0.160. The van der Waals surface area contributed by atoms with Crippen molar-refractivity contribution in [2.24, 2.45) is 17.3 Å². The topological polar surface area (TPSA) is 74.6 Å². The van der Waals surface area contributed by atoms with Gasteiger partial charge in [-0.1, -0.05) is 43.3 Å². The van der Waals surface area contributed by atoms with Gasteiger partial charge in [0.25, 0.3) is 0 Å². The van der Waals surface area contributed by atoms with E-state index in [0.29, 0.717) is 40.9 Å². The number of aliphatic carboxylic acids is 1. The minimum Gasteiger partial charge on any atom is -0.507 e.